The van der Waals surface area contributed by atoms with Crippen LogP contribution >= 0.6 is 0 Å². The summed E-state index contributed by atoms with van der Waals surface area (Å²) in [5.74, 6) is 0. The fourth-order valence-corrected chi connectivity index (χ4v) is 0.186. The summed E-state index contributed by atoms with van der Waals surface area (Å²) in [6.07, 6.45) is 1.02. The van der Waals surface area contributed by atoms with E-state index in [-0.39, 0.29) is 0 Å². The Morgan fingerprint density at radius 2 is 2.50 bits per heavy atom. The molecule has 0 amide bonds. The molecule has 31 valence electrons. The van der Waals surface area contributed by atoms with Crippen molar-refractivity contribution in [1.82, 2.24) is 0 Å². The van der Waals surface area contributed by atoms with Gasteiger partial charge in [0.05, 0.1) is 0 Å². The van der Waals surface area contributed by atoms with Gasteiger partial charge in [-0.25, -0.2) is 0 Å². The van der Waals surface area contributed by atoms with Gasteiger partial charge in [0, 0.05) is 0 Å². The van der Waals surface area contributed by atoms with Crippen LogP contribution in [0.4, 0.5) is 0 Å². The summed E-state index contributed by atoms with van der Waals surface area (Å²) >= 11 is 0. The summed E-state index contributed by atoms with van der Waals surface area (Å²) in [6.45, 7) is 2.76. The molecule has 0 rings (SSSR count). The Morgan fingerprint density at radius 3 is 2.67 bits per heavy atom. The molecule has 0 aromatic rings. The molecule has 0 saturated heterocycles. The second kappa shape index (κ2) is 4.93. The van der Waals surface area contributed by atoms with Crippen molar-refractivity contribution in [3.63, 3.8) is 0 Å². The Hall–Kier alpha value is -0.0701. The first-order chi connectivity index (χ1) is 2.91. The van der Waals surface area contributed by atoms with Crippen LogP contribution in [-0.2, 0) is 4.65 Å². The van der Waals surface area contributed by atoms with Crippen molar-refractivity contribution >= 4 is 14.4 Å². The number of rotatable bonds is 3. The predicted molar refractivity (Wildman–Crippen MR) is 27.8 cm³/mol. The van der Waals surface area contributed by atoms with Crippen LogP contribution in [0.25, 0.3) is 0 Å². The van der Waals surface area contributed by atoms with Gasteiger partial charge in [-0.2, -0.15) is 0 Å². The Balaban J connectivity index is 2.49. The van der Waals surface area contributed by atoms with Crippen LogP contribution in [0.15, 0.2) is 0 Å². The van der Waals surface area contributed by atoms with E-state index >= 15 is 0 Å². The van der Waals surface area contributed by atoms with Crippen LogP contribution in [0.2, 0.25) is 0 Å². The second-order valence-electron chi connectivity index (χ2n) is 1.01. The van der Waals surface area contributed by atoms with Crippen LogP contribution in [0.5, 0.6) is 0 Å². The minimum absolute atomic E-state index is 0.733. The molecular formula is C3H7B2O. The Kier molecular flexibility index (Phi) is 4.87. The summed E-state index contributed by atoms with van der Waals surface area (Å²) in [5.41, 5.74) is 0. The van der Waals surface area contributed by atoms with Crippen molar-refractivity contribution in [2.75, 3.05) is 6.61 Å². The zero-order valence-corrected chi connectivity index (χ0v) is 3.98. The molecular weight excluding hydrogens is 73.7 g/mol. The first-order valence-electron chi connectivity index (χ1n) is 2.06. The Morgan fingerprint density at radius 1 is 1.83 bits per heavy atom. The van der Waals surface area contributed by atoms with Gasteiger partial charge in [-0.15, -0.1) is 0 Å². The molecule has 0 aliphatic carbocycles. The molecule has 0 unspecified atom stereocenters. The van der Waals surface area contributed by atoms with Gasteiger partial charge in [0.1, 0.15) is 0 Å². The van der Waals surface area contributed by atoms with E-state index < -0.39 is 0 Å². The summed E-state index contributed by atoms with van der Waals surface area (Å²) < 4.78 is 4.64. The van der Waals surface area contributed by atoms with Crippen molar-refractivity contribution in [2.24, 2.45) is 0 Å². The summed E-state index contributed by atoms with van der Waals surface area (Å²) in [7, 11) is 6.08. The number of hydrogen-bond donors (Lipinski definition) is 0. The van der Waals surface area contributed by atoms with E-state index in [1.165, 1.54) is 7.00 Å². The van der Waals surface area contributed by atoms with Crippen molar-refractivity contribution in [3.05, 3.63) is 0 Å². The first kappa shape index (κ1) is 5.93. The van der Waals surface area contributed by atoms with Crippen molar-refractivity contribution < 1.29 is 4.65 Å². The van der Waals surface area contributed by atoms with E-state index in [0.717, 1.165) is 13.0 Å². The van der Waals surface area contributed by atoms with Crippen LogP contribution in [0.1, 0.15) is 13.3 Å². The fourth-order valence-electron chi connectivity index (χ4n) is 0.186. The molecule has 0 N–H and O–H groups in total. The number of hydrogen-bond acceptors (Lipinski definition) is 1. The molecule has 0 aliphatic rings. The van der Waals surface area contributed by atoms with E-state index in [4.69, 9.17) is 7.37 Å². The third-order valence-corrected chi connectivity index (χ3v) is 0.418. The molecule has 1 nitrogen and oxygen atoms in total. The molecule has 0 saturated carbocycles. The van der Waals surface area contributed by atoms with Crippen LogP contribution < -0.4 is 0 Å². The molecule has 0 bridgehead atoms. The normalized spacial score (nSPS) is 6.67. The molecule has 0 aromatic carbocycles. The maximum atomic E-state index is 4.87. The van der Waals surface area contributed by atoms with Gasteiger partial charge in [-0.3, -0.25) is 0 Å². The van der Waals surface area contributed by atoms with Crippen molar-refractivity contribution in [3.8, 4) is 0 Å². The van der Waals surface area contributed by atoms with Gasteiger partial charge >= 0.3 is 39.0 Å². The average molecular weight is 80.7 g/mol. The second-order valence-corrected chi connectivity index (χ2v) is 1.01. The molecule has 0 aromatic heterocycles. The third kappa shape index (κ3) is 3.93. The topological polar surface area (TPSA) is 9.23 Å². The quantitative estimate of drug-likeness (QED) is 0.346. The molecule has 3 heteroatoms. The molecule has 0 aliphatic heterocycles. The Bertz CT molecular complexity index is 37.8. The van der Waals surface area contributed by atoms with Crippen LogP contribution in [0, 0.1) is 0 Å². The summed E-state index contributed by atoms with van der Waals surface area (Å²) in [6, 6.07) is 0. The van der Waals surface area contributed by atoms with Gasteiger partial charge in [-0.1, -0.05) is 0 Å². The summed E-state index contributed by atoms with van der Waals surface area (Å²) in [4.78, 5) is 0. The average Bonchev–Trinajstić information content (AvgIpc) is 1.61. The van der Waals surface area contributed by atoms with Crippen LogP contribution in [-0.4, -0.2) is 21.0 Å². The maximum absolute atomic E-state index is 4.87. The van der Waals surface area contributed by atoms with Crippen LogP contribution in [0.3, 0.4) is 0 Å². The SMILES string of the molecule is [B]=BOCCC. The molecule has 0 spiro atoms. The van der Waals surface area contributed by atoms with E-state index in [9.17, 15) is 0 Å². The molecule has 6 heavy (non-hydrogen) atoms. The molecule has 0 atom stereocenters. The third-order valence-electron chi connectivity index (χ3n) is 0.418. The first-order valence-corrected chi connectivity index (χ1v) is 2.06. The van der Waals surface area contributed by atoms with Crippen molar-refractivity contribution in [1.29, 1.82) is 0 Å². The van der Waals surface area contributed by atoms with E-state index in [1.54, 1.807) is 0 Å². The molecule has 0 heterocycles. The van der Waals surface area contributed by atoms with Gasteiger partial charge in [0.25, 0.3) is 0 Å². The molecule has 1 radical (unpaired) electrons. The minimum atomic E-state index is 0.733. The van der Waals surface area contributed by atoms with Gasteiger partial charge in [0.2, 0.25) is 0 Å². The van der Waals surface area contributed by atoms with E-state index in [0.29, 0.717) is 0 Å². The fraction of sp³-hybridized carbons (Fsp3) is 1.00. The zero-order valence-electron chi connectivity index (χ0n) is 3.98. The van der Waals surface area contributed by atoms with Crippen molar-refractivity contribution in [2.45, 2.75) is 13.3 Å². The monoisotopic (exact) mass is 81.1 g/mol. The predicted octanol–water partition coefficient (Wildman–Crippen LogP) is 0.116. The zero-order chi connectivity index (χ0) is 4.83. The summed E-state index contributed by atoms with van der Waals surface area (Å²) in [5, 5.41) is 0. The molecule has 0 fully saturated rings. The van der Waals surface area contributed by atoms with Gasteiger partial charge in [0.15, 0.2) is 0 Å². The van der Waals surface area contributed by atoms with Gasteiger partial charge < -0.3 is 0 Å². The van der Waals surface area contributed by atoms with Gasteiger partial charge in [-0.05, 0) is 0 Å². The van der Waals surface area contributed by atoms with E-state index in [2.05, 4.69) is 4.65 Å². The van der Waals surface area contributed by atoms with E-state index in [1.807, 2.05) is 6.92 Å². The Labute approximate surface area is 40.0 Å². The standard InChI is InChI=1S/C3H7B2O/c1-2-3-6-5-4/h2-3H2,1H3.